The van der Waals surface area contributed by atoms with E-state index in [0.29, 0.717) is 0 Å². The van der Waals surface area contributed by atoms with Gasteiger partial charge in [-0.15, -0.1) is 5.10 Å². The van der Waals surface area contributed by atoms with Gasteiger partial charge in [-0.25, -0.2) is 4.98 Å². The smallest absolute Gasteiger partial charge is 0.214 e. The molecule has 3 aromatic rings. The largest absolute Gasteiger partial charge is 0.337 e. The topological polar surface area (TPSA) is 61.4 Å². The summed E-state index contributed by atoms with van der Waals surface area (Å²) in [6.45, 7) is 4.13. The van der Waals surface area contributed by atoms with E-state index in [1.807, 2.05) is 23.9 Å². The van der Waals surface area contributed by atoms with E-state index in [1.54, 1.807) is 22.6 Å². The number of benzene rings is 1. The second kappa shape index (κ2) is 5.69. The van der Waals surface area contributed by atoms with Gasteiger partial charge in [0.25, 0.3) is 0 Å². The Morgan fingerprint density at radius 2 is 1.95 bits per heavy atom. The highest BCUT2D eigenvalue weighted by Crippen LogP contribution is 2.25. The minimum Gasteiger partial charge on any atom is -0.337 e. The van der Waals surface area contributed by atoms with Gasteiger partial charge in [0.2, 0.25) is 5.16 Å². The third-order valence-electron chi connectivity index (χ3n) is 3.34. The standard InChI is InChI=1S/C14H16N6S/c1-10-5-4-6-11(2)13(10)20-14(16-17-18-20)21-9-12-15-7-8-19(12)3/h4-8H,9H2,1-3H3. The van der Waals surface area contributed by atoms with E-state index in [0.717, 1.165) is 33.5 Å². The van der Waals surface area contributed by atoms with E-state index in [-0.39, 0.29) is 0 Å². The fourth-order valence-corrected chi connectivity index (χ4v) is 3.09. The van der Waals surface area contributed by atoms with E-state index < -0.39 is 0 Å². The van der Waals surface area contributed by atoms with E-state index >= 15 is 0 Å². The molecule has 0 aliphatic carbocycles. The molecule has 108 valence electrons. The van der Waals surface area contributed by atoms with Crippen molar-refractivity contribution in [3.8, 4) is 5.69 Å². The van der Waals surface area contributed by atoms with Gasteiger partial charge in [-0.1, -0.05) is 30.0 Å². The van der Waals surface area contributed by atoms with Crippen molar-refractivity contribution in [2.45, 2.75) is 24.8 Å². The zero-order valence-electron chi connectivity index (χ0n) is 12.2. The van der Waals surface area contributed by atoms with Crippen LogP contribution in [0.15, 0.2) is 35.7 Å². The second-order valence-electron chi connectivity index (χ2n) is 4.86. The van der Waals surface area contributed by atoms with Gasteiger partial charge in [0.05, 0.1) is 11.4 Å². The molecule has 0 aliphatic rings. The summed E-state index contributed by atoms with van der Waals surface area (Å²) in [6, 6.07) is 6.17. The van der Waals surface area contributed by atoms with Crippen LogP contribution in [0.3, 0.4) is 0 Å². The van der Waals surface area contributed by atoms with E-state index in [9.17, 15) is 0 Å². The predicted molar refractivity (Wildman–Crippen MR) is 81.4 cm³/mol. The number of para-hydroxylation sites is 1. The molecule has 0 fully saturated rings. The van der Waals surface area contributed by atoms with Gasteiger partial charge < -0.3 is 4.57 Å². The Balaban J connectivity index is 1.89. The van der Waals surface area contributed by atoms with Crippen LogP contribution in [0.25, 0.3) is 5.69 Å². The molecule has 0 saturated carbocycles. The van der Waals surface area contributed by atoms with Crippen LogP contribution >= 0.6 is 11.8 Å². The van der Waals surface area contributed by atoms with E-state index in [1.165, 1.54) is 0 Å². The molecule has 0 saturated heterocycles. The number of thioether (sulfide) groups is 1. The normalized spacial score (nSPS) is 11.0. The number of hydrogen-bond acceptors (Lipinski definition) is 5. The van der Waals surface area contributed by atoms with Crippen molar-refractivity contribution in [3.05, 3.63) is 47.5 Å². The lowest BCUT2D eigenvalue weighted by molar-refractivity contribution is 0.746. The van der Waals surface area contributed by atoms with Crippen LogP contribution in [-0.2, 0) is 12.8 Å². The second-order valence-corrected chi connectivity index (χ2v) is 5.80. The van der Waals surface area contributed by atoms with Crippen LogP contribution in [0.4, 0.5) is 0 Å². The van der Waals surface area contributed by atoms with Crippen LogP contribution in [0.2, 0.25) is 0 Å². The number of rotatable bonds is 4. The van der Waals surface area contributed by atoms with Gasteiger partial charge in [0.1, 0.15) is 5.82 Å². The SMILES string of the molecule is Cc1cccc(C)c1-n1nnnc1SCc1nccn1C. The minimum absolute atomic E-state index is 0.731. The summed E-state index contributed by atoms with van der Waals surface area (Å²) in [5.41, 5.74) is 3.35. The molecule has 21 heavy (non-hydrogen) atoms. The molecule has 7 heteroatoms. The Bertz CT molecular complexity index is 740. The molecule has 0 N–H and O–H groups in total. The third-order valence-corrected chi connectivity index (χ3v) is 4.26. The molecule has 0 aliphatic heterocycles. The van der Waals surface area contributed by atoms with Crippen molar-refractivity contribution in [2.75, 3.05) is 0 Å². The Kier molecular flexibility index (Phi) is 3.74. The maximum atomic E-state index is 4.32. The highest BCUT2D eigenvalue weighted by atomic mass is 32.2. The number of tetrazole rings is 1. The lowest BCUT2D eigenvalue weighted by Gasteiger charge is -2.10. The molecular formula is C14H16N6S. The molecule has 2 heterocycles. The van der Waals surface area contributed by atoms with Gasteiger partial charge in [-0.3, -0.25) is 0 Å². The van der Waals surface area contributed by atoms with Crippen LogP contribution in [-0.4, -0.2) is 29.8 Å². The van der Waals surface area contributed by atoms with E-state index in [4.69, 9.17) is 0 Å². The van der Waals surface area contributed by atoms with Gasteiger partial charge in [0, 0.05) is 19.4 Å². The minimum atomic E-state index is 0.731. The average molecular weight is 300 g/mol. The number of hydrogen-bond donors (Lipinski definition) is 0. The fraction of sp³-hybridized carbons (Fsp3) is 0.286. The molecule has 0 amide bonds. The predicted octanol–water partition coefficient (Wildman–Crippen LogP) is 2.30. The first-order chi connectivity index (χ1) is 10.2. The number of aromatic nitrogens is 6. The fourth-order valence-electron chi connectivity index (χ4n) is 2.21. The van der Waals surface area contributed by atoms with Crippen LogP contribution in [0, 0.1) is 13.8 Å². The lowest BCUT2D eigenvalue weighted by atomic mass is 10.1. The van der Waals surface area contributed by atoms with Crippen molar-refractivity contribution in [1.82, 2.24) is 29.8 Å². The summed E-state index contributed by atoms with van der Waals surface area (Å²) in [4.78, 5) is 4.32. The Morgan fingerprint density at radius 3 is 2.62 bits per heavy atom. The molecule has 2 aromatic heterocycles. The zero-order valence-corrected chi connectivity index (χ0v) is 13.0. The highest BCUT2D eigenvalue weighted by molar-refractivity contribution is 7.98. The monoisotopic (exact) mass is 300 g/mol. The zero-order chi connectivity index (χ0) is 14.8. The Morgan fingerprint density at radius 1 is 1.19 bits per heavy atom. The summed E-state index contributed by atoms with van der Waals surface area (Å²) in [5.74, 6) is 1.73. The molecule has 1 aromatic carbocycles. The molecule has 0 radical (unpaired) electrons. The third kappa shape index (κ3) is 2.69. The van der Waals surface area contributed by atoms with Gasteiger partial charge in [0.15, 0.2) is 0 Å². The molecular weight excluding hydrogens is 284 g/mol. The average Bonchev–Trinajstić information content (AvgIpc) is 3.06. The first-order valence-electron chi connectivity index (χ1n) is 6.61. The molecule has 3 rings (SSSR count). The maximum absolute atomic E-state index is 4.32. The maximum Gasteiger partial charge on any atom is 0.214 e. The van der Waals surface area contributed by atoms with Gasteiger partial charge in [-0.2, -0.15) is 4.68 Å². The van der Waals surface area contributed by atoms with Crippen LogP contribution in [0.5, 0.6) is 0 Å². The van der Waals surface area contributed by atoms with Crippen molar-refractivity contribution < 1.29 is 0 Å². The van der Waals surface area contributed by atoms with Crippen molar-refractivity contribution in [3.63, 3.8) is 0 Å². The summed E-state index contributed by atoms with van der Waals surface area (Å²) in [6.07, 6.45) is 3.73. The van der Waals surface area contributed by atoms with Crippen LogP contribution in [0.1, 0.15) is 17.0 Å². The van der Waals surface area contributed by atoms with E-state index in [2.05, 4.69) is 46.5 Å². The van der Waals surface area contributed by atoms with Crippen molar-refractivity contribution in [1.29, 1.82) is 0 Å². The molecule has 6 nitrogen and oxygen atoms in total. The van der Waals surface area contributed by atoms with Crippen LogP contribution < -0.4 is 0 Å². The van der Waals surface area contributed by atoms with Gasteiger partial charge in [-0.05, 0) is 35.4 Å². The summed E-state index contributed by atoms with van der Waals surface area (Å²) >= 11 is 1.58. The lowest BCUT2D eigenvalue weighted by Crippen LogP contribution is -2.04. The highest BCUT2D eigenvalue weighted by Gasteiger charge is 2.14. The quantitative estimate of drug-likeness (QED) is 0.692. The molecule has 0 bridgehead atoms. The summed E-state index contributed by atoms with van der Waals surface area (Å²) in [7, 11) is 1.98. The molecule has 0 atom stereocenters. The summed E-state index contributed by atoms with van der Waals surface area (Å²) in [5, 5.41) is 12.9. The first-order valence-corrected chi connectivity index (χ1v) is 7.59. The number of nitrogens with zero attached hydrogens (tertiary/aromatic N) is 6. The van der Waals surface area contributed by atoms with Crippen molar-refractivity contribution in [2.24, 2.45) is 7.05 Å². The number of imidazole rings is 1. The number of aryl methyl sites for hydroxylation is 3. The molecule has 0 unspecified atom stereocenters. The first kappa shape index (κ1) is 13.8. The van der Waals surface area contributed by atoms with Crippen molar-refractivity contribution >= 4 is 11.8 Å². The van der Waals surface area contributed by atoms with Gasteiger partial charge >= 0.3 is 0 Å². The Hall–Kier alpha value is -2.15. The summed E-state index contributed by atoms with van der Waals surface area (Å²) < 4.78 is 3.80. The Labute approximate surface area is 127 Å². The molecule has 0 spiro atoms.